The Labute approximate surface area is 152 Å². The fourth-order valence-corrected chi connectivity index (χ4v) is 6.41. The van der Waals surface area contributed by atoms with E-state index in [1.807, 2.05) is 0 Å². The number of hydrogen-bond acceptors (Lipinski definition) is 0. The Kier molecular flexibility index (Phi) is 3.33. The van der Waals surface area contributed by atoms with Gasteiger partial charge in [0, 0.05) is 17.0 Å². The van der Waals surface area contributed by atoms with Gasteiger partial charge in [0.2, 0.25) is 5.69 Å². The lowest BCUT2D eigenvalue weighted by atomic mass is 9.69. The number of aryl methyl sites for hydroxylation is 2. The number of pyridine rings is 1. The molecule has 1 aliphatic rings. The molecule has 0 N–H and O–H groups in total. The lowest BCUT2D eigenvalue weighted by Gasteiger charge is -2.37. The van der Waals surface area contributed by atoms with Gasteiger partial charge in [0.1, 0.15) is 7.05 Å². The Morgan fingerprint density at radius 2 is 1.68 bits per heavy atom. The van der Waals surface area contributed by atoms with Crippen molar-refractivity contribution in [2.24, 2.45) is 7.05 Å². The number of benzene rings is 2. The van der Waals surface area contributed by atoms with Gasteiger partial charge in [-0.25, -0.2) is 4.57 Å². The second-order valence-corrected chi connectivity index (χ2v) is 14.1. The lowest BCUT2D eigenvalue weighted by molar-refractivity contribution is -0.660. The molecule has 0 saturated heterocycles. The molecule has 0 unspecified atom stereocenters. The van der Waals surface area contributed by atoms with E-state index in [1.54, 1.807) is 10.8 Å². The molecule has 3 aromatic rings. The fourth-order valence-electron chi connectivity index (χ4n) is 4.65. The van der Waals surface area contributed by atoms with Crippen LogP contribution in [-0.4, -0.2) is 8.07 Å². The number of hydrogen-bond donors (Lipinski definition) is 0. The summed E-state index contributed by atoms with van der Waals surface area (Å²) in [6.07, 6.45) is 2.27. The first kappa shape index (κ1) is 16.5. The molecule has 1 heterocycles. The van der Waals surface area contributed by atoms with Gasteiger partial charge in [-0.1, -0.05) is 63.8 Å². The second-order valence-electron chi connectivity index (χ2n) is 9.10. The van der Waals surface area contributed by atoms with Gasteiger partial charge < -0.3 is 0 Å². The highest BCUT2D eigenvalue weighted by atomic mass is 28.3. The van der Waals surface area contributed by atoms with Crippen LogP contribution in [0.5, 0.6) is 0 Å². The molecule has 0 aliphatic heterocycles. The summed E-state index contributed by atoms with van der Waals surface area (Å²) in [5.41, 5.74) is 7.27. The Morgan fingerprint density at radius 3 is 2.36 bits per heavy atom. The molecule has 0 bridgehead atoms. The van der Waals surface area contributed by atoms with E-state index in [-0.39, 0.29) is 5.41 Å². The van der Waals surface area contributed by atoms with Crippen LogP contribution in [0.3, 0.4) is 0 Å². The Bertz CT molecular complexity index is 1020. The van der Waals surface area contributed by atoms with Crippen molar-refractivity contribution < 1.29 is 4.57 Å². The van der Waals surface area contributed by atoms with Gasteiger partial charge in [-0.15, -0.1) is 0 Å². The summed E-state index contributed by atoms with van der Waals surface area (Å²) in [6.45, 7) is 14.5. The minimum Gasteiger partial charge on any atom is -0.201 e. The van der Waals surface area contributed by atoms with E-state index in [0.29, 0.717) is 0 Å². The first-order valence-corrected chi connectivity index (χ1v) is 12.7. The van der Waals surface area contributed by atoms with Crippen molar-refractivity contribution in [3.63, 3.8) is 0 Å². The van der Waals surface area contributed by atoms with Crippen LogP contribution in [0.15, 0.2) is 42.6 Å². The van der Waals surface area contributed by atoms with Crippen LogP contribution in [0.4, 0.5) is 0 Å². The molecular formula is C23H28NSi+. The summed E-state index contributed by atoms with van der Waals surface area (Å²) in [7, 11) is 0.744. The molecule has 1 aliphatic carbocycles. The Hall–Kier alpha value is -1.93. The van der Waals surface area contributed by atoms with Gasteiger partial charge in [-0.2, -0.15) is 0 Å². The summed E-state index contributed by atoms with van der Waals surface area (Å²) >= 11 is 0. The molecule has 0 radical (unpaired) electrons. The van der Waals surface area contributed by atoms with Crippen LogP contribution in [0.1, 0.15) is 30.5 Å². The molecule has 128 valence electrons. The zero-order valence-corrected chi connectivity index (χ0v) is 17.5. The predicted octanol–water partition coefficient (Wildman–Crippen LogP) is 4.82. The van der Waals surface area contributed by atoms with Crippen LogP contribution in [-0.2, 0) is 12.5 Å². The highest BCUT2D eigenvalue weighted by Gasteiger charge is 2.42. The van der Waals surface area contributed by atoms with Crippen molar-refractivity contribution in [3.8, 4) is 11.3 Å². The lowest BCUT2D eigenvalue weighted by Crippen LogP contribution is -2.49. The maximum absolute atomic E-state index is 2.46. The summed E-state index contributed by atoms with van der Waals surface area (Å²) in [4.78, 5) is 0. The first-order chi connectivity index (χ1) is 11.6. The molecule has 1 nitrogen and oxygen atoms in total. The maximum atomic E-state index is 2.46. The standard InChI is InChI=1S/C23H28NSi/c1-15-11-12-16-9-8-10-17-20(16)19(15)22-21(23(17,2)3)18(25(5,6)7)13-14-24(22)4/h8-14H,1-7H3/q+1. The van der Waals surface area contributed by atoms with E-state index in [1.165, 1.54) is 33.2 Å². The summed E-state index contributed by atoms with van der Waals surface area (Å²) in [6, 6.07) is 13.8. The summed E-state index contributed by atoms with van der Waals surface area (Å²) in [5, 5.41) is 4.40. The minimum atomic E-state index is -1.46. The second kappa shape index (κ2) is 5.04. The van der Waals surface area contributed by atoms with E-state index in [9.17, 15) is 0 Å². The zero-order chi connectivity index (χ0) is 18.1. The van der Waals surface area contributed by atoms with Crippen LogP contribution >= 0.6 is 0 Å². The zero-order valence-electron chi connectivity index (χ0n) is 16.5. The molecule has 25 heavy (non-hydrogen) atoms. The molecular weight excluding hydrogens is 318 g/mol. The summed E-state index contributed by atoms with van der Waals surface area (Å²) < 4.78 is 2.35. The van der Waals surface area contributed by atoms with Crippen molar-refractivity contribution >= 4 is 24.0 Å². The van der Waals surface area contributed by atoms with Gasteiger partial charge in [-0.05, 0) is 34.0 Å². The van der Waals surface area contributed by atoms with Gasteiger partial charge >= 0.3 is 0 Å². The molecule has 2 aromatic carbocycles. The Morgan fingerprint density at radius 1 is 0.960 bits per heavy atom. The van der Waals surface area contributed by atoms with Crippen LogP contribution in [0, 0.1) is 6.92 Å². The third-order valence-electron chi connectivity index (χ3n) is 5.92. The average Bonchev–Trinajstić information content (AvgIpc) is 2.52. The van der Waals surface area contributed by atoms with Gasteiger partial charge in [0.15, 0.2) is 6.20 Å². The molecule has 2 heteroatoms. The van der Waals surface area contributed by atoms with Crippen molar-refractivity contribution in [2.75, 3.05) is 0 Å². The van der Waals surface area contributed by atoms with Gasteiger partial charge in [0.25, 0.3) is 0 Å². The van der Waals surface area contributed by atoms with Crippen molar-refractivity contribution in [1.82, 2.24) is 0 Å². The van der Waals surface area contributed by atoms with Crippen LogP contribution in [0.25, 0.3) is 22.0 Å². The average molecular weight is 347 g/mol. The van der Waals surface area contributed by atoms with E-state index < -0.39 is 8.07 Å². The van der Waals surface area contributed by atoms with Crippen LogP contribution < -0.4 is 9.75 Å². The summed E-state index contributed by atoms with van der Waals surface area (Å²) in [5.74, 6) is 0. The maximum Gasteiger partial charge on any atom is 0.217 e. The SMILES string of the molecule is Cc1ccc2cccc3c2c1-c1c(c([Si](C)(C)C)cc[n+]1C)C3(C)C. The number of rotatable bonds is 1. The van der Waals surface area contributed by atoms with E-state index in [2.05, 4.69) is 94.6 Å². The molecule has 0 fully saturated rings. The molecule has 0 spiro atoms. The van der Waals surface area contributed by atoms with Gasteiger partial charge in [-0.3, -0.25) is 0 Å². The molecule has 4 rings (SSSR count). The monoisotopic (exact) mass is 346 g/mol. The largest absolute Gasteiger partial charge is 0.217 e. The number of aromatic nitrogens is 1. The van der Waals surface area contributed by atoms with Gasteiger partial charge in [0.05, 0.1) is 13.6 Å². The highest BCUT2D eigenvalue weighted by molar-refractivity contribution is 6.89. The molecule has 0 saturated carbocycles. The normalized spacial score (nSPS) is 15.3. The number of nitrogens with zero attached hydrogens (tertiary/aromatic N) is 1. The van der Waals surface area contributed by atoms with E-state index in [0.717, 1.165) is 0 Å². The molecule has 0 amide bonds. The van der Waals surface area contributed by atoms with Crippen molar-refractivity contribution in [1.29, 1.82) is 0 Å². The smallest absolute Gasteiger partial charge is 0.201 e. The fraction of sp³-hybridized carbons (Fsp3) is 0.348. The van der Waals surface area contributed by atoms with Crippen molar-refractivity contribution in [3.05, 3.63) is 59.3 Å². The van der Waals surface area contributed by atoms with E-state index >= 15 is 0 Å². The number of fused-ring (bicyclic) bond motifs is 2. The van der Waals surface area contributed by atoms with Crippen LogP contribution in [0.2, 0.25) is 19.6 Å². The minimum absolute atomic E-state index is 0.0181. The quantitative estimate of drug-likeness (QED) is 0.439. The molecule has 1 aromatic heterocycles. The third-order valence-corrected chi connectivity index (χ3v) is 7.95. The third kappa shape index (κ3) is 2.16. The first-order valence-electron chi connectivity index (χ1n) is 9.21. The highest BCUT2D eigenvalue weighted by Crippen LogP contribution is 2.48. The predicted molar refractivity (Wildman–Crippen MR) is 110 cm³/mol. The molecule has 0 atom stereocenters. The van der Waals surface area contributed by atoms with Crippen molar-refractivity contribution in [2.45, 2.75) is 45.8 Å². The Balaban J connectivity index is 2.30. The topological polar surface area (TPSA) is 3.88 Å². The van der Waals surface area contributed by atoms with E-state index in [4.69, 9.17) is 0 Å².